The molecule has 0 saturated heterocycles. The maximum Gasteiger partial charge on any atom is 0.261 e. The average molecular weight is 380 g/mol. The lowest BCUT2D eigenvalue weighted by molar-refractivity contribution is -0.123. The number of carbonyl (C=O) groups is 2. The van der Waals surface area contributed by atoms with Crippen LogP contribution in [0.4, 0.5) is 17.1 Å². The van der Waals surface area contributed by atoms with Crippen LogP contribution in [0.5, 0.6) is 0 Å². The van der Waals surface area contributed by atoms with Crippen LogP contribution in [0.15, 0.2) is 41.3 Å². The molecule has 2 aromatic carbocycles. The maximum atomic E-state index is 12.6. The van der Waals surface area contributed by atoms with Crippen LogP contribution in [0.1, 0.15) is 12.0 Å². The van der Waals surface area contributed by atoms with Gasteiger partial charge in [-0.15, -0.1) is 0 Å². The van der Waals surface area contributed by atoms with Gasteiger partial charge < -0.3 is 10.6 Å². The lowest BCUT2D eigenvalue weighted by Gasteiger charge is -2.13. The zero-order valence-electron chi connectivity index (χ0n) is 13.1. The molecule has 0 saturated carbocycles. The molecule has 0 aromatic heterocycles. The number of nitrogens with one attached hydrogen (secondary N) is 3. The Kier molecular flexibility index (Phi) is 4.40. The number of hydrogen-bond acceptors (Lipinski definition) is 4. The van der Waals surface area contributed by atoms with Crippen molar-refractivity contribution < 1.29 is 18.0 Å². The highest BCUT2D eigenvalue weighted by atomic mass is 35.5. The van der Waals surface area contributed by atoms with Crippen molar-refractivity contribution in [2.75, 3.05) is 15.4 Å². The zero-order chi connectivity index (χ0) is 18.2. The van der Waals surface area contributed by atoms with Gasteiger partial charge in [0.2, 0.25) is 11.8 Å². The van der Waals surface area contributed by atoms with Gasteiger partial charge in [-0.1, -0.05) is 11.6 Å². The van der Waals surface area contributed by atoms with E-state index in [2.05, 4.69) is 15.4 Å². The van der Waals surface area contributed by atoms with E-state index in [1.165, 1.54) is 18.2 Å². The number of aryl methyl sites for hydroxylation is 1. The number of benzene rings is 2. The quantitative estimate of drug-likeness (QED) is 0.713. The van der Waals surface area contributed by atoms with Gasteiger partial charge in [-0.25, -0.2) is 8.42 Å². The number of anilines is 3. The monoisotopic (exact) mass is 379 g/mol. The molecule has 3 N–H and O–H groups in total. The van der Waals surface area contributed by atoms with Crippen molar-refractivity contribution in [3.05, 3.63) is 47.0 Å². The summed E-state index contributed by atoms with van der Waals surface area (Å²) in [6.45, 7) is 1.73. The molecule has 2 amide bonds. The van der Waals surface area contributed by atoms with E-state index < -0.39 is 21.8 Å². The Balaban J connectivity index is 1.95. The Labute approximate surface area is 149 Å². The Morgan fingerprint density at radius 3 is 2.36 bits per heavy atom. The first-order valence-corrected chi connectivity index (χ1v) is 9.13. The van der Waals surface area contributed by atoms with E-state index >= 15 is 0 Å². The zero-order valence-corrected chi connectivity index (χ0v) is 14.7. The largest absolute Gasteiger partial charge is 0.324 e. The van der Waals surface area contributed by atoms with E-state index in [0.717, 1.165) is 0 Å². The summed E-state index contributed by atoms with van der Waals surface area (Å²) in [5.41, 5.74) is 1.65. The topological polar surface area (TPSA) is 104 Å². The van der Waals surface area contributed by atoms with Crippen LogP contribution in [0.25, 0.3) is 0 Å². The smallest absolute Gasteiger partial charge is 0.261 e. The van der Waals surface area contributed by atoms with Crippen molar-refractivity contribution in [1.29, 1.82) is 0 Å². The molecule has 7 nitrogen and oxygen atoms in total. The van der Waals surface area contributed by atoms with Crippen molar-refractivity contribution in [3.8, 4) is 0 Å². The van der Waals surface area contributed by atoms with Gasteiger partial charge in [-0.05, 0) is 48.9 Å². The molecule has 0 bridgehead atoms. The molecule has 1 aliphatic rings. The minimum atomic E-state index is -3.88. The van der Waals surface area contributed by atoms with Gasteiger partial charge in [-0.3, -0.25) is 14.3 Å². The molecule has 0 atom stereocenters. The van der Waals surface area contributed by atoms with Crippen molar-refractivity contribution in [2.45, 2.75) is 18.2 Å². The fourth-order valence-corrected chi connectivity index (χ4v) is 3.77. The van der Waals surface area contributed by atoms with Gasteiger partial charge in [0, 0.05) is 5.02 Å². The summed E-state index contributed by atoms with van der Waals surface area (Å²) < 4.78 is 27.7. The fourth-order valence-electron chi connectivity index (χ4n) is 2.38. The molecule has 130 valence electrons. The average Bonchev–Trinajstić information content (AvgIpc) is 2.65. The van der Waals surface area contributed by atoms with Gasteiger partial charge in [0.15, 0.2) is 0 Å². The molecule has 0 fully saturated rings. The number of hydrogen-bond donors (Lipinski definition) is 3. The van der Waals surface area contributed by atoms with Crippen molar-refractivity contribution >= 4 is 50.5 Å². The molecule has 0 spiro atoms. The van der Waals surface area contributed by atoms with Crippen LogP contribution >= 0.6 is 11.6 Å². The van der Waals surface area contributed by atoms with E-state index in [1.54, 1.807) is 25.1 Å². The minimum absolute atomic E-state index is 0.0444. The van der Waals surface area contributed by atoms with Crippen molar-refractivity contribution in [3.63, 3.8) is 0 Å². The molecule has 0 aliphatic carbocycles. The summed E-state index contributed by atoms with van der Waals surface area (Å²) in [7, 11) is -3.88. The normalized spacial score (nSPS) is 14.2. The molecule has 1 aliphatic heterocycles. The first-order chi connectivity index (χ1) is 11.7. The summed E-state index contributed by atoms with van der Waals surface area (Å²) >= 11 is 5.87. The number of fused-ring (bicyclic) bond motifs is 1. The molecule has 1 heterocycles. The maximum absolute atomic E-state index is 12.6. The van der Waals surface area contributed by atoms with Crippen molar-refractivity contribution in [2.24, 2.45) is 0 Å². The molecule has 0 radical (unpaired) electrons. The third kappa shape index (κ3) is 3.75. The SMILES string of the molecule is Cc1cc(Cl)ccc1NS(=O)(=O)c1ccc2c(c1)NC(=O)CC(=O)N2. The molecule has 3 rings (SSSR count). The van der Waals surface area contributed by atoms with Crippen LogP contribution in [0.2, 0.25) is 5.02 Å². The third-order valence-corrected chi connectivity index (χ3v) is 5.20. The molecular weight excluding hydrogens is 366 g/mol. The molecule has 0 unspecified atom stereocenters. The Morgan fingerprint density at radius 2 is 1.68 bits per heavy atom. The van der Waals surface area contributed by atoms with Gasteiger partial charge in [-0.2, -0.15) is 0 Å². The predicted octanol–water partition coefficient (Wildman–Crippen LogP) is 2.73. The molecule has 25 heavy (non-hydrogen) atoms. The highest BCUT2D eigenvalue weighted by Gasteiger charge is 2.22. The highest BCUT2D eigenvalue weighted by molar-refractivity contribution is 7.92. The van der Waals surface area contributed by atoms with Gasteiger partial charge in [0.05, 0.1) is 22.0 Å². The second-order valence-corrected chi connectivity index (χ2v) is 7.66. The molecule has 2 aromatic rings. The minimum Gasteiger partial charge on any atom is -0.324 e. The number of sulfonamides is 1. The third-order valence-electron chi connectivity index (χ3n) is 3.60. The van der Waals surface area contributed by atoms with E-state index in [0.29, 0.717) is 22.0 Å². The number of rotatable bonds is 3. The molecular formula is C16H14ClN3O4S. The first kappa shape index (κ1) is 17.2. The number of amides is 2. The van der Waals surface area contributed by atoms with Crippen molar-refractivity contribution in [1.82, 2.24) is 0 Å². The van der Waals surface area contributed by atoms with Crippen LogP contribution < -0.4 is 15.4 Å². The number of halogens is 1. The van der Waals surface area contributed by atoms with Gasteiger partial charge in [0.25, 0.3) is 10.0 Å². The van der Waals surface area contributed by atoms with E-state index in [4.69, 9.17) is 11.6 Å². The highest BCUT2D eigenvalue weighted by Crippen LogP contribution is 2.29. The van der Waals surface area contributed by atoms with E-state index in [1.807, 2.05) is 0 Å². The second-order valence-electron chi connectivity index (χ2n) is 5.55. The lowest BCUT2D eigenvalue weighted by atomic mass is 10.2. The summed E-state index contributed by atoms with van der Waals surface area (Å²) in [4.78, 5) is 23.1. The van der Waals surface area contributed by atoms with E-state index in [-0.39, 0.29) is 17.0 Å². The van der Waals surface area contributed by atoms with Crippen LogP contribution in [0.3, 0.4) is 0 Å². The Hall–Kier alpha value is -2.58. The second kappa shape index (κ2) is 6.38. The Morgan fingerprint density at radius 1 is 1.00 bits per heavy atom. The van der Waals surface area contributed by atoms with Gasteiger partial charge in [0.1, 0.15) is 6.42 Å². The summed E-state index contributed by atoms with van der Waals surface area (Å²) in [5, 5.41) is 5.56. The summed E-state index contributed by atoms with van der Waals surface area (Å²) in [5.74, 6) is -0.964. The fraction of sp³-hybridized carbons (Fsp3) is 0.125. The summed E-state index contributed by atoms with van der Waals surface area (Å²) in [6.07, 6.45) is -0.320. The van der Waals surface area contributed by atoms with Gasteiger partial charge >= 0.3 is 0 Å². The first-order valence-electron chi connectivity index (χ1n) is 7.27. The predicted molar refractivity (Wildman–Crippen MR) is 95.3 cm³/mol. The lowest BCUT2D eigenvalue weighted by Crippen LogP contribution is -2.16. The van der Waals surface area contributed by atoms with Crippen LogP contribution in [-0.4, -0.2) is 20.2 Å². The van der Waals surface area contributed by atoms with Crippen LogP contribution in [-0.2, 0) is 19.6 Å². The summed E-state index contributed by atoms with van der Waals surface area (Å²) in [6, 6.07) is 8.88. The standard InChI is InChI=1S/C16H14ClN3O4S/c1-9-6-10(17)2-4-12(9)20-25(23,24)11-3-5-13-14(7-11)19-16(22)8-15(21)18-13/h2-7,20H,8H2,1H3,(H,18,21)(H,19,22). The van der Waals surface area contributed by atoms with E-state index in [9.17, 15) is 18.0 Å². The number of carbonyl (C=O) groups excluding carboxylic acids is 2. The molecule has 9 heteroatoms. The van der Waals surface area contributed by atoms with Crippen LogP contribution in [0, 0.1) is 6.92 Å². The Bertz CT molecular complexity index is 989.